The SMILES string of the molecule is COc1cc(C=NNC(=O)c2ccccc2NS(=O)(=O)c2cccs2)ccc1OCCC(C)C. The van der Waals surface area contributed by atoms with Gasteiger partial charge in [0.05, 0.1) is 31.2 Å². The van der Waals surface area contributed by atoms with Crippen molar-refractivity contribution in [2.24, 2.45) is 11.0 Å². The first-order valence-corrected chi connectivity index (χ1v) is 13.0. The summed E-state index contributed by atoms with van der Waals surface area (Å²) < 4.78 is 38.9. The van der Waals surface area contributed by atoms with E-state index in [0.717, 1.165) is 17.8 Å². The number of nitrogens with zero attached hydrogens (tertiary/aromatic N) is 1. The van der Waals surface area contributed by atoms with Gasteiger partial charge in [-0.2, -0.15) is 5.10 Å². The van der Waals surface area contributed by atoms with Gasteiger partial charge in [-0.15, -0.1) is 11.3 Å². The number of para-hydroxylation sites is 1. The summed E-state index contributed by atoms with van der Waals surface area (Å²) in [4.78, 5) is 12.7. The number of carbonyl (C=O) groups excluding carboxylic acids is 1. The van der Waals surface area contributed by atoms with E-state index in [2.05, 4.69) is 29.1 Å². The largest absolute Gasteiger partial charge is 0.493 e. The first kappa shape index (κ1) is 25.3. The smallest absolute Gasteiger partial charge is 0.273 e. The van der Waals surface area contributed by atoms with E-state index in [9.17, 15) is 13.2 Å². The number of hydrogen-bond acceptors (Lipinski definition) is 7. The van der Waals surface area contributed by atoms with Gasteiger partial charge in [-0.25, -0.2) is 13.8 Å². The zero-order chi connectivity index (χ0) is 24.6. The Morgan fingerprint density at radius 2 is 1.91 bits per heavy atom. The van der Waals surface area contributed by atoms with Crippen molar-refractivity contribution in [3.63, 3.8) is 0 Å². The standard InChI is InChI=1S/C24H27N3O5S2/c1-17(2)12-13-32-21-11-10-18(15-22(21)31-3)16-25-26-24(28)19-7-4-5-8-20(19)27-34(29,30)23-9-6-14-33-23/h4-11,14-17,27H,12-13H2,1-3H3,(H,26,28). The minimum absolute atomic E-state index is 0.145. The number of nitrogens with one attached hydrogen (secondary N) is 2. The van der Waals surface area contributed by atoms with E-state index in [1.807, 2.05) is 0 Å². The maximum absolute atomic E-state index is 12.7. The van der Waals surface area contributed by atoms with E-state index in [1.165, 1.54) is 24.4 Å². The first-order chi connectivity index (χ1) is 16.3. The van der Waals surface area contributed by atoms with Crippen LogP contribution in [-0.4, -0.2) is 34.3 Å². The van der Waals surface area contributed by atoms with Gasteiger partial charge in [0.2, 0.25) is 0 Å². The van der Waals surface area contributed by atoms with Crippen LogP contribution in [-0.2, 0) is 10.0 Å². The van der Waals surface area contributed by atoms with Gasteiger partial charge >= 0.3 is 0 Å². The van der Waals surface area contributed by atoms with Crippen molar-refractivity contribution in [3.05, 3.63) is 71.1 Å². The van der Waals surface area contributed by atoms with Crippen molar-refractivity contribution >= 4 is 39.2 Å². The molecule has 0 aliphatic rings. The van der Waals surface area contributed by atoms with Crippen LogP contribution in [0.3, 0.4) is 0 Å². The maximum atomic E-state index is 12.7. The fourth-order valence-electron chi connectivity index (χ4n) is 2.90. The van der Waals surface area contributed by atoms with Crippen molar-refractivity contribution in [1.29, 1.82) is 0 Å². The molecule has 0 radical (unpaired) electrons. The molecule has 34 heavy (non-hydrogen) atoms. The van der Waals surface area contributed by atoms with Gasteiger partial charge in [0.25, 0.3) is 15.9 Å². The molecule has 0 saturated carbocycles. The van der Waals surface area contributed by atoms with Gasteiger partial charge in [-0.3, -0.25) is 9.52 Å². The van der Waals surface area contributed by atoms with E-state index in [1.54, 1.807) is 48.9 Å². The number of carbonyl (C=O) groups is 1. The second-order valence-corrected chi connectivity index (χ2v) is 10.6. The van der Waals surface area contributed by atoms with Crippen LogP contribution in [0.5, 0.6) is 11.5 Å². The second kappa shape index (κ2) is 11.7. The van der Waals surface area contributed by atoms with Crippen LogP contribution < -0.4 is 19.6 Å². The molecular weight excluding hydrogens is 474 g/mol. The predicted molar refractivity (Wildman–Crippen MR) is 135 cm³/mol. The highest BCUT2D eigenvalue weighted by Gasteiger charge is 2.19. The van der Waals surface area contributed by atoms with Crippen molar-refractivity contribution in [3.8, 4) is 11.5 Å². The lowest BCUT2D eigenvalue weighted by molar-refractivity contribution is 0.0956. The Balaban J connectivity index is 1.67. The van der Waals surface area contributed by atoms with E-state index in [0.29, 0.717) is 29.6 Å². The van der Waals surface area contributed by atoms with Crippen LogP contribution >= 0.6 is 11.3 Å². The Kier molecular flexibility index (Phi) is 8.67. The number of thiophene rings is 1. The third kappa shape index (κ3) is 6.82. The molecule has 1 heterocycles. The first-order valence-electron chi connectivity index (χ1n) is 10.6. The van der Waals surface area contributed by atoms with Crippen molar-refractivity contribution in [2.45, 2.75) is 24.5 Å². The number of anilines is 1. The van der Waals surface area contributed by atoms with Crippen LogP contribution in [0, 0.1) is 5.92 Å². The third-order valence-corrected chi connectivity index (χ3v) is 7.46. The molecule has 0 saturated heterocycles. The Morgan fingerprint density at radius 3 is 2.62 bits per heavy atom. The summed E-state index contributed by atoms with van der Waals surface area (Å²) in [6, 6.07) is 14.8. The quantitative estimate of drug-likeness (QED) is 0.291. The highest BCUT2D eigenvalue weighted by Crippen LogP contribution is 2.28. The molecule has 2 aromatic carbocycles. The Hall–Kier alpha value is -3.37. The number of sulfonamides is 1. The van der Waals surface area contributed by atoms with E-state index < -0.39 is 15.9 Å². The van der Waals surface area contributed by atoms with Gasteiger partial charge < -0.3 is 9.47 Å². The molecule has 2 N–H and O–H groups in total. The second-order valence-electron chi connectivity index (χ2n) is 7.72. The minimum Gasteiger partial charge on any atom is -0.493 e. The van der Waals surface area contributed by atoms with E-state index in [4.69, 9.17) is 9.47 Å². The van der Waals surface area contributed by atoms with Crippen LogP contribution in [0.1, 0.15) is 36.2 Å². The molecule has 0 aliphatic heterocycles. The summed E-state index contributed by atoms with van der Waals surface area (Å²) in [6.07, 6.45) is 2.40. The molecular formula is C24H27N3O5S2. The third-order valence-electron chi connectivity index (χ3n) is 4.70. The highest BCUT2D eigenvalue weighted by atomic mass is 32.2. The Morgan fingerprint density at radius 1 is 1.12 bits per heavy atom. The number of ether oxygens (including phenoxy) is 2. The lowest BCUT2D eigenvalue weighted by Crippen LogP contribution is -2.21. The molecule has 0 fully saturated rings. The van der Waals surface area contributed by atoms with Gasteiger partial charge in [0.15, 0.2) is 11.5 Å². The molecule has 10 heteroatoms. The average Bonchev–Trinajstić information content (AvgIpc) is 3.36. The predicted octanol–water partition coefficient (Wildman–Crippen LogP) is 4.75. The normalized spacial score (nSPS) is 11.5. The maximum Gasteiger partial charge on any atom is 0.273 e. The van der Waals surface area contributed by atoms with Crippen molar-refractivity contribution < 1.29 is 22.7 Å². The molecule has 3 aromatic rings. The summed E-state index contributed by atoms with van der Waals surface area (Å²) in [7, 11) is -2.23. The molecule has 1 aromatic heterocycles. The number of amides is 1. The van der Waals surface area contributed by atoms with Crippen molar-refractivity contribution in [1.82, 2.24) is 5.43 Å². The number of hydrazone groups is 1. The fraction of sp³-hybridized carbons (Fsp3) is 0.250. The molecule has 8 nitrogen and oxygen atoms in total. The van der Waals surface area contributed by atoms with Crippen LogP contribution in [0.15, 0.2) is 69.3 Å². The number of benzene rings is 2. The molecule has 3 rings (SSSR count). The summed E-state index contributed by atoms with van der Waals surface area (Å²) in [5.74, 6) is 1.18. The van der Waals surface area contributed by atoms with E-state index >= 15 is 0 Å². The number of rotatable bonds is 11. The summed E-state index contributed by atoms with van der Waals surface area (Å²) in [5, 5.41) is 5.67. The zero-order valence-electron chi connectivity index (χ0n) is 19.1. The lowest BCUT2D eigenvalue weighted by Gasteiger charge is -2.12. The van der Waals surface area contributed by atoms with Crippen molar-refractivity contribution in [2.75, 3.05) is 18.4 Å². The van der Waals surface area contributed by atoms with Gasteiger partial charge in [-0.05, 0) is 59.7 Å². The summed E-state index contributed by atoms with van der Waals surface area (Å²) in [6.45, 7) is 4.85. The van der Waals surface area contributed by atoms with Crippen LogP contribution in [0.4, 0.5) is 5.69 Å². The van der Waals surface area contributed by atoms with Gasteiger partial charge in [0, 0.05) is 0 Å². The molecule has 180 valence electrons. The molecule has 1 amide bonds. The van der Waals surface area contributed by atoms with Gasteiger partial charge in [0.1, 0.15) is 4.21 Å². The molecule has 0 atom stereocenters. The summed E-state index contributed by atoms with van der Waals surface area (Å²) >= 11 is 1.09. The van der Waals surface area contributed by atoms with Crippen LogP contribution in [0.25, 0.3) is 0 Å². The highest BCUT2D eigenvalue weighted by molar-refractivity contribution is 7.94. The fourth-order valence-corrected chi connectivity index (χ4v) is 4.97. The molecule has 0 spiro atoms. The number of methoxy groups -OCH3 is 1. The molecule has 0 aliphatic carbocycles. The number of hydrogen-bond donors (Lipinski definition) is 2. The van der Waals surface area contributed by atoms with E-state index in [-0.39, 0.29) is 15.5 Å². The molecule has 0 bridgehead atoms. The lowest BCUT2D eigenvalue weighted by atomic mass is 10.1. The monoisotopic (exact) mass is 501 g/mol. The topological polar surface area (TPSA) is 106 Å². The van der Waals surface area contributed by atoms with Gasteiger partial charge in [-0.1, -0.05) is 32.0 Å². The Bertz CT molecular complexity index is 1240. The Labute approximate surface area is 203 Å². The zero-order valence-corrected chi connectivity index (χ0v) is 20.8. The minimum atomic E-state index is -3.79. The average molecular weight is 502 g/mol. The molecule has 0 unspecified atom stereocenters. The summed E-state index contributed by atoms with van der Waals surface area (Å²) in [5.41, 5.74) is 3.43. The van der Waals surface area contributed by atoms with Crippen LogP contribution in [0.2, 0.25) is 0 Å².